The molecule has 0 aliphatic heterocycles. The molecule has 0 radical (unpaired) electrons. The van der Waals surface area contributed by atoms with Crippen molar-refractivity contribution in [2.45, 2.75) is 10.7 Å². The number of para-hydroxylation sites is 1. The Morgan fingerprint density at radius 2 is 1.87 bits per heavy atom. The smallest absolute Gasteiger partial charge is 0.288 e. The lowest BCUT2D eigenvalue weighted by molar-refractivity contribution is -0.114. The number of hydrogen-bond acceptors (Lipinski definition) is 4. The van der Waals surface area contributed by atoms with Crippen LogP contribution in [0.15, 0.2) is 53.4 Å². The van der Waals surface area contributed by atoms with Gasteiger partial charge in [-0.2, -0.15) is 14.0 Å². The minimum Gasteiger partial charge on any atom is -0.376 e. The Morgan fingerprint density at radius 1 is 1.17 bits per heavy atom. The Kier molecular flexibility index (Phi) is 5.94. The number of benzene rings is 2. The van der Waals surface area contributed by atoms with Gasteiger partial charge in [0.1, 0.15) is 0 Å². The molecule has 1 amide bonds. The van der Waals surface area contributed by atoms with Gasteiger partial charge in [-0.1, -0.05) is 23.9 Å². The second-order valence-corrected chi connectivity index (χ2v) is 5.50. The first-order valence-corrected chi connectivity index (χ1v) is 7.54. The Labute approximate surface area is 136 Å². The van der Waals surface area contributed by atoms with Crippen LogP contribution in [0.1, 0.15) is 5.56 Å². The number of carbonyl (C=O) groups excluding carboxylic acids is 1. The minimum absolute atomic E-state index is 0.0143. The van der Waals surface area contributed by atoms with E-state index in [4.69, 9.17) is 5.26 Å². The molecule has 0 atom stereocenters. The van der Waals surface area contributed by atoms with E-state index in [0.29, 0.717) is 33.6 Å². The number of amides is 1. The SMILES string of the molecule is N#Cc1ccc(NCC(=O)Nc2ccccc2SC(F)F)cc1. The molecule has 0 bridgehead atoms. The molecular formula is C16H13F2N3OS. The highest BCUT2D eigenvalue weighted by molar-refractivity contribution is 7.99. The number of thioether (sulfide) groups is 1. The summed E-state index contributed by atoms with van der Waals surface area (Å²) in [6.45, 7) is -0.0143. The van der Waals surface area contributed by atoms with E-state index in [2.05, 4.69) is 10.6 Å². The molecule has 2 rings (SSSR count). The van der Waals surface area contributed by atoms with Crippen LogP contribution in [0.5, 0.6) is 0 Å². The van der Waals surface area contributed by atoms with Crippen molar-refractivity contribution in [1.29, 1.82) is 5.26 Å². The highest BCUT2D eigenvalue weighted by atomic mass is 32.2. The van der Waals surface area contributed by atoms with E-state index in [-0.39, 0.29) is 12.5 Å². The van der Waals surface area contributed by atoms with Crippen LogP contribution in [0.4, 0.5) is 20.2 Å². The van der Waals surface area contributed by atoms with Crippen molar-refractivity contribution >= 4 is 29.0 Å². The van der Waals surface area contributed by atoms with Gasteiger partial charge in [-0.3, -0.25) is 4.79 Å². The molecule has 0 saturated heterocycles. The predicted molar refractivity (Wildman–Crippen MR) is 86.6 cm³/mol. The second-order valence-electron chi connectivity index (χ2n) is 4.47. The number of anilines is 2. The number of nitrogens with zero attached hydrogens (tertiary/aromatic N) is 1. The van der Waals surface area contributed by atoms with Gasteiger partial charge in [0.15, 0.2) is 0 Å². The topological polar surface area (TPSA) is 64.9 Å². The van der Waals surface area contributed by atoms with E-state index in [1.54, 1.807) is 42.5 Å². The van der Waals surface area contributed by atoms with Crippen LogP contribution in [0.3, 0.4) is 0 Å². The number of hydrogen-bond donors (Lipinski definition) is 2. The molecule has 0 aromatic heterocycles. The standard InChI is InChI=1S/C16H13F2N3OS/c17-16(18)23-14-4-2-1-3-13(14)21-15(22)10-20-12-7-5-11(9-19)6-8-12/h1-8,16,20H,10H2,(H,21,22). The molecule has 2 N–H and O–H groups in total. The molecule has 118 valence electrons. The first-order valence-electron chi connectivity index (χ1n) is 6.66. The molecule has 0 fully saturated rings. The van der Waals surface area contributed by atoms with Gasteiger partial charge < -0.3 is 10.6 Å². The van der Waals surface area contributed by atoms with Crippen molar-refractivity contribution in [3.8, 4) is 6.07 Å². The number of nitriles is 1. The summed E-state index contributed by atoms with van der Waals surface area (Å²) < 4.78 is 25.0. The van der Waals surface area contributed by atoms with Crippen molar-refractivity contribution in [3.63, 3.8) is 0 Å². The maximum atomic E-state index is 12.5. The van der Waals surface area contributed by atoms with Crippen LogP contribution >= 0.6 is 11.8 Å². The summed E-state index contributed by atoms with van der Waals surface area (Å²) in [4.78, 5) is 12.2. The Hall–Kier alpha value is -2.59. The molecule has 0 spiro atoms. The lowest BCUT2D eigenvalue weighted by atomic mass is 10.2. The summed E-state index contributed by atoms with van der Waals surface area (Å²) in [5, 5.41) is 14.2. The first kappa shape index (κ1) is 16.8. The summed E-state index contributed by atoms with van der Waals surface area (Å²) in [5.74, 6) is -2.90. The zero-order valence-electron chi connectivity index (χ0n) is 11.9. The van der Waals surface area contributed by atoms with Crippen LogP contribution in [-0.4, -0.2) is 18.2 Å². The quantitative estimate of drug-likeness (QED) is 0.786. The average molecular weight is 333 g/mol. The Bertz CT molecular complexity index is 714. The minimum atomic E-state index is -2.55. The highest BCUT2D eigenvalue weighted by Gasteiger charge is 2.11. The fourth-order valence-corrected chi connectivity index (χ4v) is 2.40. The van der Waals surface area contributed by atoms with Gasteiger partial charge in [-0.25, -0.2) is 0 Å². The monoisotopic (exact) mass is 333 g/mol. The summed E-state index contributed by atoms with van der Waals surface area (Å²) >= 11 is 0.387. The molecule has 0 aliphatic rings. The largest absolute Gasteiger partial charge is 0.376 e. The van der Waals surface area contributed by atoms with Crippen LogP contribution < -0.4 is 10.6 Å². The summed E-state index contributed by atoms with van der Waals surface area (Å²) in [6.07, 6.45) is 0. The van der Waals surface area contributed by atoms with Crippen molar-refractivity contribution in [2.75, 3.05) is 17.2 Å². The maximum Gasteiger partial charge on any atom is 0.288 e. The van der Waals surface area contributed by atoms with E-state index >= 15 is 0 Å². The van der Waals surface area contributed by atoms with Crippen LogP contribution in [0.2, 0.25) is 0 Å². The zero-order valence-corrected chi connectivity index (χ0v) is 12.7. The highest BCUT2D eigenvalue weighted by Crippen LogP contribution is 2.31. The number of alkyl halides is 2. The van der Waals surface area contributed by atoms with E-state index < -0.39 is 5.76 Å². The third-order valence-electron chi connectivity index (χ3n) is 2.84. The Morgan fingerprint density at radius 3 is 2.52 bits per heavy atom. The third kappa shape index (κ3) is 5.27. The molecule has 0 unspecified atom stereocenters. The van der Waals surface area contributed by atoms with Gasteiger partial charge in [0.25, 0.3) is 5.76 Å². The van der Waals surface area contributed by atoms with E-state index in [9.17, 15) is 13.6 Å². The summed E-state index contributed by atoms with van der Waals surface area (Å²) in [6, 6.07) is 15.0. The number of rotatable bonds is 6. The van der Waals surface area contributed by atoms with Gasteiger partial charge in [0.05, 0.1) is 23.9 Å². The van der Waals surface area contributed by atoms with E-state index in [0.717, 1.165) is 0 Å². The van der Waals surface area contributed by atoms with Crippen molar-refractivity contribution < 1.29 is 13.6 Å². The van der Waals surface area contributed by atoms with Gasteiger partial charge >= 0.3 is 0 Å². The molecule has 4 nitrogen and oxygen atoms in total. The first-order chi connectivity index (χ1) is 11.1. The molecule has 7 heteroatoms. The normalized spacial score (nSPS) is 10.2. The van der Waals surface area contributed by atoms with Crippen molar-refractivity contribution in [2.24, 2.45) is 0 Å². The zero-order chi connectivity index (χ0) is 16.7. The maximum absolute atomic E-state index is 12.5. The predicted octanol–water partition coefficient (Wildman–Crippen LogP) is 3.92. The molecule has 0 saturated carbocycles. The number of halogens is 2. The number of nitrogens with one attached hydrogen (secondary N) is 2. The summed E-state index contributed by atoms with van der Waals surface area (Å²) in [5.41, 5.74) is 1.57. The Balaban J connectivity index is 1.93. The van der Waals surface area contributed by atoms with Gasteiger partial charge in [0.2, 0.25) is 5.91 Å². The lowest BCUT2D eigenvalue weighted by Crippen LogP contribution is -2.22. The van der Waals surface area contributed by atoms with Crippen molar-refractivity contribution in [3.05, 3.63) is 54.1 Å². The van der Waals surface area contributed by atoms with Gasteiger partial charge in [-0.05, 0) is 36.4 Å². The molecule has 2 aromatic carbocycles. The lowest BCUT2D eigenvalue weighted by Gasteiger charge is -2.11. The molecular weight excluding hydrogens is 320 g/mol. The third-order valence-corrected chi connectivity index (χ3v) is 3.63. The van der Waals surface area contributed by atoms with Gasteiger partial charge in [-0.15, -0.1) is 0 Å². The molecule has 23 heavy (non-hydrogen) atoms. The summed E-state index contributed by atoms with van der Waals surface area (Å²) in [7, 11) is 0. The van der Waals surface area contributed by atoms with Crippen LogP contribution in [0.25, 0.3) is 0 Å². The fraction of sp³-hybridized carbons (Fsp3) is 0.125. The van der Waals surface area contributed by atoms with Crippen molar-refractivity contribution in [1.82, 2.24) is 0 Å². The average Bonchev–Trinajstić information content (AvgIpc) is 2.55. The fourth-order valence-electron chi connectivity index (χ4n) is 1.81. The van der Waals surface area contributed by atoms with E-state index in [1.165, 1.54) is 6.07 Å². The number of carbonyl (C=O) groups is 1. The molecule has 0 heterocycles. The second kappa shape index (κ2) is 8.15. The van der Waals surface area contributed by atoms with Crippen LogP contribution in [-0.2, 0) is 4.79 Å². The van der Waals surface area contributed by atoms with Gasteiger partial charge in [0, 0.05) is 10.6 Å². The molecule has 0 aliphatic carbocycles. The van der Waals surface area contributed by atoms with E-state index in [1.807, 2.05) is 6.07 Å². The molecule has 2 aromatic rings. The van der Waals surface area contributed by atoms with Crippen LogP contribution in [0, 0.1) is 11.3 Å².